The van der Waals surface area contributed by atoms with Crippen molar-refractivity contribution in [2.75, 3.05) is 33.2 Å². The van der Waals surface area contributed by atoms with Gasteiger partial charge in [-0.1, -0.05) is 12.8 Å². The predicted molar refractivity (Wildman–Crippen MR) is 79.2 cm³/mol. The Hall–Kier alpha value is -0.770. The van der Waals surface area contributed by atoms with Crippen molar-refractivity contribution in [3.8, 4) is 0 Å². The van der Waals surface area contributed by atoms with Crippen LogP contribution in [0, 0.1) is 0 Å². The molecule has 2 N–H and O–H groups in total. The van der Waals surface area contributed by atoms with Crippen LogP contribution in [0.3, 0.4) is 0 Å². The zero-order valence-electron chi connectivity index (χ0n) is 12.6. The Kier molecular flexibility index (Phi) is 6.47. The van der Waals surface area contributed by atoms with Crippen LogP contribution in [0.1, 0.15) is 46.5 Å². The molecular weight excluding hydrogens is 224 g/mol. The first kappa shape index (κ1) is 15.3. The smallest absolute Gasteiger partial charge is 0.191 e. The Balaban J connectivity index is 2.22. The zero-order valence-corrected chi connectivity index (χ0v) is 12.6. The van der Waals surface area contributed by atoms with E-state index >= 15 is 0 Å². The maximum Gasteiger partial charge on any atom is 0.191 e. The first-order chi connectivity index (χ1) is 8.51. The molecule has 1 rings (SSSR count). The van der Waals surface area contributed by atoms with Crippen LogP contribution in [0.4, 0.5) is 0 Å². The molecule has 1 fully saturated rings. The van der Waals surface area contributed by atoms with Gasteiger partial charge in [0.2, 0.25) is 0 Å². The minimum absolute atomic E-state index is 0.0600. The summed E-state index contributed by atoms with van der Waals surface area (Å²) in [5.41, 5.74) is 0.0600. The van der Waals surface area contributed by atoms with Crippen molar-refractivity contribution in [3.63, 3.8) is 0 Å². The van der Waals surface area contributed by atoms with Crippen LogP contribution in [0.5, 0.6) is 0 Å². The largest absolute Gasteiger partial charge is 0.355 e. The molecule has 1 aliphatic heterocycles. The molecule has 0 atom stereocenters. The fourth-order valence-electron chi connectivity index (χ4n) is 2.23. The Labute approximate surface area is 112 Å². The number of nitrogens with one attached hydrogen (secondary N) is 2. The summed E-state index contributed by atoms with van der Waals surface area (Å²) in [7, 11) is 1.83. The summed E-state index contributed by atoms with van der Waals surface area (Å²) in [5.74, 6) is 0.900. The molecule has 106 valence electrons. The molecule has 0 amide bonds. The lowest BCUT2D eigenvalue weighted by atomic mass is 10.1. The molecule has 4 nitrogen and oxygen atoms in total. The number of hydrogen-bond donors (Lipinski definition) is 2. The standard InChI is InChI=1S/C14H30N4/c1-14(2,3)17-13(15-4)16-9-12-18-10-7-5-6-8-11-18/h5-12H2,1-4H3,(H2,15,16,17). The van der Waals surface area contributed by atoms with Crippen molar-refractivity contribution in [1.29, 1.82) is 0 Å². The quantitative estimate of drug-likeness (QED) is 0.596. The second-order valence-corrected chi connectivity index (χ2v) is 6.13. The van der Waals surface area contributed by atoms with Gasteiger partial charge in [0.1, 0.15) is 0 Å². The lowest BCUT2D eigenvalue weighted by Gasteiger charge is -2.25. The highest BCUT2D eigenvalue weighted by Crippen LogP contribution is 2.08. The summed E-state index contributed by atoms with van der Waals surface area (Å²) in [6, 6.07) is 0. The monoisotopic (exact) mass is 254 g/mol. The lowest BCUT2D eigenvalue weighted by Crippen LogP contribution is -2.49. The van der Waals surface area contributed by atoms with Crippen molar-refractivity contribution in [2.24, 2.45) is 4.99 Å². The molecule has 0 bridgehead atoms. The second-order valence-electron chi connectivity index (χ2n) is 6.13. The van der Waals surface area contributed by atoms with Crippen molar-refractivity contribution in [3.05, 3.63) is 0 Å². The summed E-state index contributed by atoms with van der Waals surface area (Å²) in [5, 5.41) is 6.77. The number of rotatable bonds is 3. The summed E-state index contributed by atoms with van der Waals surface area (Å²) in [4.78, 5) is 6.81. The highest BCUT2D eigenvalue weighted by molar-refractivity contribution is 5.80. The number of aliphatic imine (C=N–C) groups is 1. The molecule has 18 heavy (non-hydrogen) atoms. The van der Waals surface area contributed by atoms with Gasteiger partial charge in [-0.3, -0.25) is 4.99 Å². The minimum Gasteiger partial charge on any atom is -0.355 e. The normalized spacial score (nSPS) is 19.4. The van der Waals surface area contributed by atoms with Crippen LogP contribution in [-0.2, 0) is 0 Å². The van der Waals surface area contributed by atoms with Crippen LogP contribution in [0.2, 0.25) is 0 Å². The van der Waals surface area contributed by atoms with E-state index in [1.165, 1.54) is 38.8 Å². The van der Waals surface area contributed by atoms with E-state index < -0.39 is 0 Å². The molecule has 0 radical (unpaired) electrons. The molecule has 0 aromatic carbocycles. The molecule has 1 heterocycles. The molecular formula is C14H30N4. The lowest BCUT2D eigenvalue weighted by molar-refractivity contribution is 0.289. The average molecular weight is 254 g/mol. The van der Waals surface area contributed by atoms with E-state index in [9.17, 15) is 0 Å². The second kappa shape index (κ2) is 7.62. The zero-order chi connectivity index (χ0) is 13.4. The maximum atomic E-state index is 4.25. The van der Waals surface area contributed by atoms with Gasteiger partial charge in [0.25, 0.3) is 0 Å². The van der Waals surface area contributed by atoms with Gasteiger partial charge in [0, 0.05) is 25.7 Å². The van der Waals surface area contributed by atoms with E-state index in [1.807, 2.05) is 7.05 Å². The van der Waals surface area contributed by atoms with E-state index in [2.05, 4.69) is 41.3 Å². The van der Waals surface area contributed by atoms with Crippen LogP contribution in [-0.4, -0.2) is 49.6 Å². The molecule has 1 aliphatic rings. The van der Waals surface area contributed by atoms with Crippen LogP contribution >= 0.6 is 0 Å². The summed E-state index contributed by atoms with van der Waals surface area (Å²) in [6.07, 6.45) is 5.51. The van der Waals surface area contributed by atoms with Crippen molar-refractivity contribution >= 4 is 5.96 Å². The number of hydrogen-bond acceptors (Lipinski definition) is 2. The van der Waals surface area contributed by atoms with E-state index in [1.54, 1.807) is 0 Å². The molecule has 0 aromatic rings. The van der Waals surface area contributed by atoms with Gasteiger partial charge in [-0.05, 0) is 46.7 Å². The van der Waals surface area contributed by atoms with Gasteiger partial charge in [0.15, 0.2) is 5.96 Å². The van der Waals surface area contributed by atoms with Crippen LogP contribution in [0.25, 0.3) is 0 Å². The van der Waals surface area contributed by atoms with Crippen molar-refractivity contribution in [1.82, 2.24) is 15.5 Å². The summed E-state index contributed by atoms with van der Waals surface area (Å²) >= 11 is 0. The van der Waals surface area contributed by atoms with Gasteiger partial charge in [0.05, 0.1) is 0 Å². The molecule has 0 unspecified atom stereocenters. The fourth-order valence-corrected chi connectivity index (χ4v) is 2.23. The molecule has 0 spiro atoms. The maximum absolute atomic E-state index is 4.25. The SMILES string of the molecule is CN=C(NCCN1CCCCCC1)NC(C)(C)C. The number of guanidine groups is 1. The molecule has 0 aliphatic carbocycles. The van der Waals surface area contributed by atoms with E-state index in [0.717, 1.165) is 19.0 Å². The van der Waals surface area contributed by atoms with E-state index in [0.29, 0.717) is 0 Å². The fraction of sp³-hybridized carbons (Fsp3) is 0.929. The molecule has 0 aromatic heterocycles. The van der Waals surface area contributed by atoms with Gasteiger partial charge in [-0.25, -0.2) is 0 Å². The van der Waals surface area contributed by atoms with Crippen molar-refractivity contribution < 1.29 is 0 Å². The molecule has 0 saturated carbocycles. The summed E-state index contributed by atoms with van der Waals surface area (Å²) < 4.78 is 0. The third kappa shape index (κ3) is 6.84. The van der Waals surface area contributed by atoms with Gasteiger partial charge >= 0.3 is 0 Å². The Morgan fingerprint density at radius 1 is 1.11 bits per heavy atom. The number of nitrogens with zero attached hydrogens (tertiary/aromatic N) is 2. The molecule has 4 heteroatoms. The van der Waals surface area contributed by atoms with Gasteiger partial charge in [-0.2, -0.15) is 0 Å². The van der Waals surface area contributed by atoms with Gasteiger partial charge < -0.3 is 15.5 Å². The first-order valence-corrected chi connectivity index (χ1v) is 7.22. The number of likely N-dealkylation sites (tertiary alicyclic amines) is 1. The minimum atomic E-state index is 0.0600. The highest BCUT2D eigenvalue weighted by atomic mass is 15.2. The molecule has 1 saturated heterocycles. The first-order valence-electron chi connectivity index (χ1n) is 7.22. The van der Waals surface area contributed by atoms with Crippen LogP contribution < -0.4 is 10.6 Å². The third-order valence-electron chi connectivity index (χ3n) is 3.14. The van der Waals surface area contributed by atoms with E-state index in [-0.39, 0.29) is 5.54 Å². The third-order valence-corrected chi connectivity index (χ3v) is 3.14. The Morgan fingerprint density at radius 3 is 2.22 bits per heavy atom. The Bertz CT molecular complexity index is 247. The van der Waals surface area contributed by atoms with Crippen LogP contribution in [0.15, 0.2) is 4.99 Å². The topological polar surface area (TPSA) is 39.7 Å². The average Bonchev–Trinajstić information content (AvgIpc) is 2.54. The van der Waals surface area contributed by atoms with Crippen molar-refractivity contribution in [2.45, 2.75) is 52.0 Å². The van der Waals surface area contributed by atoms with Gasteiger partial charge in [-0.15, -0.1) is 0 Å². The highest BCUT2D eigenvalue weighted by Gasteiger charge is 2.12. The predicted octanol–water partition coefficient (Wildman–Crippen LogP) is 1.83. The summed E-state index contributed by atoms with van der Waals surface area (Å²) in [6.45, 7) is 11.0. The Morgan fingerprint density at radius 2 is 1.72 bits per heavy atom. The van der Waals surface area contributed by atoms with E-state index in [4.69, 9.17) is 0 Å².